The van der Waals surface area contributed by atoms with Gasteiger partial charge in [-0.15, -0.1) is 6.42 Å². The third-order valence-electron chi connectivity index (χ3n) is 3.71. The molecule has 1 heterocycles. The minimum Gasteiger partial charge on any atom is -0.391 e. The molecule has 182 valence electrons. The normalized spacial score (nSPS) is 14.9. The maximum Gasteiger partial charge on any atom is 0.386 e. The van der Waals surface area contributed by atoms with Crippen molar-refractivity contribution >= 4 is 12.3 Å². The van der Waals surface area contributed by atoms with E-state index in [0.29, 0.717) is 25.9 Å². The van der Waals surface area contributed by atoms with Crippen molar-refractivity contribution in [3.63, 3.8) is 0 Å². The molecule has 0 saturated carbocycles. The predicted octanol–water partition coefficient (Wildman–Crippen LogP) is 2.32. The van der Waals surface area contributed by atoms with Crippen LogP contribution in [0.5, 0.6) is 0 Å². The van der Waals surface area contributed by atoms with Crippen molar-refractivity contribution in [1.29, 1.82) is 0 Å². The van der Waals surface area contributed by atoms with E-state index in [1.807, 2.05) is 24.3 Å². The quantitative estimate of drug-likeness (QED) is 0.238. The summed E-state index contributed by atoms with van der Waals surface area (Å²) in [7, 11) is 0. The molecule has 7 nitrogen and oxygen atoms in total. The van der Waals surface area contributed by atoms with Crippen molar-refractivity contribution in [2.75, 3.05) is 13.1 Å². The van der Waals surface area contributed by atoms with Gasteiger partial charge in [0.2, 0.25) is 12.3 Å². The highest BCUT2D eigenvalue weighted by molar-refractivity contribution is 5.77. The molecular weight excluding hydrogens is 425 g/mol. The second kappa shape index (κ2) is 16.1. The van der Waals surface area contributed by atoms with Gasteiger partial charge >= 0.3 is 6.18 Å². The summed E-state index contributed by atoms with van der Waals surface area (Å²) >= 11 is 0. The topological polar surface area (TPSA) is 122 Å². The standard InChI is InChI=1S/C10H19NO2.C10H9NO.C2H3F3.H4N2/c1-10(2,3)6-9(13)11-5-4-8(12)7-11;1-2-9-3-5-10(6-4-9)7-11-8-12;1-2(3,4)5;1-2/h8,12H,4-7H2,1-3H3;1,3-6,8H,7H2,(H,11,12);1H3;1-2H2. The summed E-state index contributed by atoms with van der Waals surface area (Å²) in [4.78, 5) is 23.3. The number of hydrazine groups is 1. The van der Waals surface area contributed by atoms with E-state index in [2.05, 4.69) is 43.7 Å². The van der Waals surface area contributed by atoms with Gasteiger partial charge in [-0.2, -0.15) is 13.2 Å². The van der Waals surface area contributed by atoms with Crippen LogP contribution in [0, 0.1) is 17.8 Å². The lowest BCUT2D eigenvalue weighted by Gasteiger charge is -2.22. The summed E-state index contributed by atoms with van der Waals surface area (Å²) in [6, 6.07) is 7.49. The predicted molar refractivity (Wildman–Crippen MR) is 119 cm³/mol. The zero-order valence-electron chi connectivity index (χ0n) is 19.1. The summed E-state index contributed by atoms with van der Waals surface area (Å²) in [5.74, 6) is 10.7. The molecule has 2 amide bonds. The van der Waals surface area contributed by atoms with E-state index in [0.717, 1.165) is 24.1 Å². The minimum atomic E-state index is -4.00. The van der Waals surface area contributed by atoms with E-state index in [1.165, 1.54) is 0 Å². The first-order valence-electron chi connectivity index (χ1n) is 9.83. The van der Waals surface area contributed by atoms with Gasteiger partial charge in [0.15, 0.2) is 0 Å². The number of nitrogens with one attached hydrogen (secondary N) is 1. The molecule has 1 aliphatic heterocycles. The number of nitrogens with zero attached hydrogens (tertiary/aromatic N) is 1. The van der Waals surface area contributed by atoms with Crippen molar-refractivity contribution in [2.24, 2.45) is 17.1 Å². The number of benzene rings is 1. The molecule has 1 fully saturated rings. The number of aliphatic hydroxyl groups excluding tert-OH is 1. The highest BCUT2D eigenvalue weighted by Gasteiger charge is 2.27. The molecule has 0 spiro atoms. The van der Waals surface area contributed by atoms with E-state index in [1.54, 1.807) is 4.90 Å². The van der Waals surface area contributed by atoms with Crippen LogP contribution in [-0.4, -0.2) is 47.7 Å². The van der Waals surface area contributed by atoms with E-state index in [-0.39, 0.29) is 24.3 Å². The maximum absolute atomic E-state index is 11.6. The van der Waals surface area contributed by atoms with E-state index in [9.17, 15) is 27.9 Å². The number of terminal acetylenes is 1. The molecule has 1 atom stereocenters. The average Bonchev–Trinajstić information content (AvgIpc) is 3.13. The van der Waals surface area contributed by atoms with Crippen LogP contribution in [-0.2, 0) is 16.1 Å². The average molecular weight is 461 g/mol. The number of halogens is 3. The Morgan fingerprint density at radius 3 is 2.09 bits per heavy atom. The zero-order chi connectivity index (χ0) is 25.4. The van der Waals surface area contributed by atoms with Crippen molar-refractivity contribution in [1.82, 2.24) is 10.2 Å². The van der Waals surface area contributed by atoms with Gasteiger partial charge in [-0.05, 0) is 29.5 Å². The van der Waals surface area contributed by atoms with Crippen molar-refractivity contribution in [2.45, 2.75) is 59.4 Å². The molecule has 1 aliphatic rings. The fourth-order valence-electron chi connectivity index (χ4n) is 2.41. The Hall–Kier alpha value is -2.61. The summed E-state index contributed by atoms with van der Waals surface area (Å²) in [6.07, 6.45) is 2.85. The third-order valence-corrected chi connectivity index (χ3v) is 3.71. The Bertz CT molecular complexity index is 690. The molecular formula is C22H35F3N4O3. The molecule has 0 radical (unpaired) electrons. The lowest BCUT2D eigenvalue weighted by atomic mass is 9.92. The molecule has 10 heteroatoms. The minimum absolute atomic E-state index is 0.0463. The number of hydrogen-bond donors (Lipinski definition) is 4. The number of carbonyl (C=O) groups excluding carboxylic acids is 2. The number of nitrogens with two attached hydrogens (primary N) is 2. The lowest BCUT2D eigenvalue weighted by Crippen LogP contribution is -2.32. The number of β-amino-alcohol motifs (C(OH)–C–C–N with tert-alkyl or cyclic N) is 1. The maximum atomic E-state index is 11.6. The van der Waals surface area contributed by atoms with Crippen LogP contribution < -0.4 is 17.0 Å². The molecule has 1 aromatic carbocycles. The van der Waals surface area contributed by atoms with Crippen LogP contribution in [0.1, 0.15) is 51.7 Å². The van der Waals surface area contributed by atoms with E-state index >= 15 is 0 Å². The zero-order valence-corrected chi connectivity index (χ0v) is 19.1. The van der Waals surface area contributed by atoms with Crippen molar-refractivity contribution in [3.8, 4) is 12.3 Å². The molecule has 1 saturated heterocycles. The summed E-state index contributed by atoms with van der Waals surface area (Å²) in [6.45, 7) is 8.14. The van der Waals surface area contributed by atoms with Crippen molar-refractivity contribution < 1.29 is 27.9 Å². The molecule has 0 aromatic heterocycles. The molecule has 32 heavy (non-hydrogen) atoms. The van der Waals surface area contributed by atoms with Crippen LogP contribution in [0.15, 0.2) is 24.3 Å². The molecule has 0 bridgehead atoms. The number of carbonyl (C=O) groups is 2. The molecule has 0 aliphatic carbocycles. The number of likely N-dealkylation sites (tertiary alicyclic amines) is 1. The second-order valence-corrected chi connectivity index (χ2v) is 8.14. The summed E-state index contributed by atoms with van der Waals surface area (Å²) in [5.41, 5.74) is 1.94. The number of aliphatic hydroxyl groups is 1. The number of hydrogen-bond acceptors (Lipinski definition) is 5. The van der Waals surface area contributed by atoms with Gasteiger partial charge in [-0.3, -0.25) is 21.3 Å². The molecule has 1 aromatic rings. The summed E-state index contributed by atoms with van der Waals surface area (Å²) < 4.78 is 31.1. The van der Waals surface area contributed by atoms with Gasteiger partial charge in [0.05, 0.1) is 6.10 Å². The third kappa shape index (κ3) is 19.4. The largest absolute Gasteiger partial charge is 0.391 e. The number of rotatable bonds is 4. The smallest absolute Gasteiger partial charge is 0.386 e. The van der Waals surface area contributed by atoms with Gasteiger partial charge in [0.25, 0.3) is 0 Å². The van der Waals surface area contributed by atoms with Gasteiger partial charge in [0.1, 0.15) is 0 Å². The highest BCUT2D eigenvalue weighted by atomic mass is 19.4. The number of amides is 2. The van der Waals surface area contributed by atoms with Gasteiger partial charge in [-0.25, -0.2) is 0 Å². The first-order chi connectivity index (χ1) is 14.7. The van der Waals surface area contributed by atoms with Gasteiger partial charge in [-0.1, -0.05) is 38.8 Å². The number of alkyl halides is 3. The van der Waals surface area contributed by atoms with Crippen molar-refractivity contribution in [3.05, 3.63) is 35.4 Å². The van der Waals surface area contributed by atoms with Crippen LogP contribution >= 0.6 is 0 Å². The van der Waals surface area contributed by atoms with E-state index < -0.39 is 6.18 Å². The highest BCUT2D eigenvalue weighted by Crippen LogP contribution is 2.21. The SMILES string of the molecule is C#Cc1ccc(CNC=O)cc1.CC(C)(C)CC(=O)N1CCC(O)C1.CC(F)(F)F.NN. The monoisotopic (exact) mass is 460 g/mol. The summed E-state index contributed by atoms with van der Waals surface area (Å²) in [5, 5.41) is 11.8. The fourth-order valence-corrected chi connectivity index (χ4v) is 2.41. The molecule has 1 unspecified atom stereocenters. The van der Waals surface area contributed by atoms with Crippen LogP contribution in [0.3, 0.4) is 0 Å². The van der Waals surface area contributed by atoms with Crippen LogP contribution in [0.2, 0.25) is 0 Å². The Labute approximate surface area is 188 Å². The molecule has 2 rings (SSSR count). The Morgan fingerprint density at radius 1 is 1.25 bits per heavy atom. The molecule has 6 N–H and O–H groups in total. The first kappa shape index (κ1) is 31.6. The Balaban J connectivity index is 0. The van der Waals surface area contributed by atoms with E-state index in [4.69, 9.17) is 6.42 Å². The van der Waals surface area contributed by atoms with Gasteiger partial charge < -0.3 is 15.3 Å². The van der Waals surface area contributed by atoms with Crippen LogP contribution in [0.25, 0.3) is 0 Å². The Kier molecular flexibility index (Phi) is 15.9. The second-order valence-electron chi connectivity index (χ2n) is 8.14. The van der Waals surface area contributed by atoms with Gasteiger partial charge in [0, 0.05) is 38.5 Å². The lowest BCUT2D eigenvalue weighted by molar-refractivity contribution is -0.132. The van der Waals surface area contributed by atoms with Crippen LogP contribution in [0.4, 0.5) is 13.2 Å². The fraction of sp³-hybridized carbons (Fsp3) is 0.545. The first-order valence-corrected chi connectivity index (χ1v) is 9.83. The Morgan fingerprint density at radius 2 is 1.75 bits per heavy atom.